The van der Waals surface area contributed by atoms with E-state index in [1.165, 1.54) is 31.2 Å². The van der Waals surface area contributed by atoms with Crippen molar-refractivity contribution in [1.82, 2.24) is 5.32 Å². The van der Waals surface area contributed by atoms with Gasteiger partial charge in [-0.05, 0) is 30.5 Å². The zero-order valence-corrected chi connectivity index (χ0v) is 12.4. The maximum atomic E-state index is 6.26. The van der Waals surface area contributed by atoms with Crippen molar-refractivity contribution in [2.45, 2.75) is 31.8 Å². The van der Waals surface area contributed by atoms with E-state index in [1.54, 1.807) is 0 Å². The van der Waals surface area contributed by atoms with Gasteiger partial charge in [0, 0.05) is 18.5 Å². The molecule has 1 N–H and O–H groups in total. The van der Waals surface area contributed by atoms with Gasteiger partial charge in [-0.2, -0.15) is 0 Å². The topological polar surface area (TPSA) is 39.7 Å². The summed E-state index contributed by atoms with van der Waals surface area (Å²) in [6, 6.07) is 6.18. The molecule has 0 aromatic heterocycles. The Balaban J connectivity index is 1.51. The summed E-state index contributed by atoms with van der Waals surface area (Å²) < 4.78 is 17.5. The summed E-state index contributed by atoms with van der Waals surface area (Å²) in [6.45, 7) is 4.11. The predicted octanol–water partition coefficient (Wildman–Crippen LogP) is 2.68. The van der Waals surface area contributed by atoms with Crippen LogP contribution in [0.2, 0.25) is 0 Å². The molecule has 4 nitrogen and oxygen atoms in total. The molecular weight excluding hydrogens is 266 g/mol. The SMILES string of the molecule is c1cc2c(cc1C1CNCC3(CCCC3)CO1)OCCO2. The van der Waals surface area contributed by atoms with Crippen LogP contribution >= 0.6 is 0 Å². The Hall–Kier alpha value is -1.26. The third kappa shape index (κ3) is 2.62. The second kappa shape index (κ2) is 5.50. The molecular formula is C17H23NO3. The third-order valence-electron chi connectivity index (χ3n) is 5.02. The minimum Gasteiger partial charge on any atom is -0.486 e. The second-order valence-electron chi connectivity index (χ2n) is 6.54. The van der Waals surface area contributed by atoms with E-state index in [2.05, 4.69) is 17.4 Å². The summed E-state index contributed by atoms with van der Waals surface area (Å²) in [6.07, 6.45) is 5.40. The number of fused-ring (bicyclic) bond motifs is 1. The van der Waals surface area contributed by atoms with Crippen molar-refractivity contribution >= 4 is 0 Å². The number of nitrogens with one attached hydrogen (secondary N) is 1. The Morgan fingerprint density at radius 1 is 1.05 bits per heavy atom. The first-order valence-corrected chi connectivity index (χ1v) is 8.07. The largest absolute Gasteiger partial charge is 0.486 e. The van der Waals surface area contributed by atoms with Crippen LogP contribution in [0.1, 0.15) is 37.4 Å². The molecule has 1 atom stereocenters. The van der Waals surface area contributed by atoms with E-state index in [0.717, 1.165) is 31.2 Å². The molecule has 1 saturated carbocycles. The van der Waals surface area contributed by atoms with E-state index in [1.807, 2.05) is 6.07 Å². The lowest BCUT2D eigenvalue weighted by molar-refractivity contribution is 0.0156. The van der Waals surface area contributed by atoms with Gasteiger partial charge in [0.05, 0.1) is 12.7 Å². The van der Waals surface area contributed by atoms with Crippen molar-refractivity contribution in [1.29, 1.82) is 0 Å². The van der Waals surface area contributed by atoms with Crippen molar-refractivity contribution in [3.63, 3.8) is 0 Å². The van der Waals surface area contributed by atoms with E-state index >= 15 is 0 Å². The Morgan fingerprint density at radius 2 is 1.86 bits per heavy atom. The Labute approximate surface area is 125 Å². The second-order valence-corrected chi connectivity index (χ2v) is 6.54. The highest BCUT2D eigenvalue weighted by molar-refractivity contribution is 5.44. The maximum Gasteiger partial charge on any atom is 0.161 e. The Morgan fingerprint density at radius 3 is 2.71 bits per heavy atom. The molecule has 0 bridgehead atoms. The van der Waals surface area contributed by atoms with Crippen molar-refractivity contribution in [3.8, 4) is 11.5 Å². The van der Waals surface area contributed by atoms with Crippen LogP contribution in [0.4, 0.5) is 0 Å². The van der Waals surface area contributed by atoms with Gasteiger partial charge in [-0.15, -0.1) is 0 Å². The Bertz CT molecular complexity index is 511. The van der Waals surface area contributed by atoms with Gasteiger partial charge in [0.25, 0.3) is 0 Å². The number of ether oxygens (including phenoxy) is 3. The highest BCUT2D eigenvalue weighted by Gasteiger charge is 2.36. The fourth-order valence-electron chi connectivity index (χ4n) is 3.78. The summed E-state index contributed by atoms with van der Waals surface area (Å²) in [4.78, 5) is 0. The van der Waals surface area contributed by atoms with Crippen LogP contribution in [0.3, 0.4) is 0 Å². The molecule has 3 aliphatic rings. The van der Waals surface area contributed by atoms with E-state index in [-0.39, 0.29) is 6.10 Å². The first-order chi connectivity index (χ1) is 10.3. The number of hydrogen-bond acceptors (Lipinski definition) is 4. The minimum atomic E-state index is 0.112. The minimum absolute atomic E-state index is 0.112. The fraction of sp³-hybridized carbons (Fsp3) is 0.647. The lowest BCUT2D eigenvalue weighted by atomic mass is 9.87. The van der Waals surface area contributed by atoms with Gasteiger partial charge in [0.1, 0.15) is 13.2 Å². The summed E-state index contributed by atoms with van der Waals surface area (Å²) in [5.41, 5.74) is 1.56. The molecule has 1 aromatic carbocycles. The molecule has 4 rings (SSSR count). The molecule has 1 aliphatic carbocycles. The standard InChI is InChI=1S/C17H23NO3/c1-2-6-17(5-1)11-18-10-16(21-12-17)13-3-4-14-15(9-13)20-8-7-19-14/h3-4,9,16,18H,1-2,5-8,10-12H2. The summed E-state index contributed by atoms with van der Waals surface area (Å²) in [5, 5.41) is 3.61. The normalized spacial score (nSPS) is 27.5. The highest BCUT2D eigenvalue weighted by Crippen LogP contribution is 2.41. The Kier molecular flexibility index (Phi) is 3.51. The summed E-state index contributed by atoms with van der Waals surface area (Å²) in [7, 11) is 0. The molecule has 1 saturated heterocycles. The van der Waals surface area contributed by atoms with Gasteiger partial charge < -0.3 is 19.5 Å². The number of rotatable bonds is 1. The van der Waals surface area contributed by atoms with E-state index < -0.39 is 0 Å². The zero-order valence-electron chi connectivity index (χ0n) is 12.4. The van der Waals surface area contributed by atoms with Crippen molar-refractivity contribution in [3.05, 3.63) is 23.8 Å². The monoisotopic (exact) mass is 289 g/mol. The van der Waals surface area contributed by atoms with Crippen LogP contribution in [0.15, 0.2) is 18.2 Å². The number of hydrogen-bond donors (Lipinski definition) is 1. The van der Waals surface area contributed by atoms with Crippen molar-refractivity contribution < 1.29 is 14.2 Å². The van der Waals surface area contributed by atoms with Gasteiger partial charge in [0.15, 0.2) is 11.5 Å². The van der Waals surface area contributed by atoms with Gasteiger partial charge >= 0.3 is 0 Å². The molecule has 2 heterocycles. The van der Waals surface area contributed by atoms with Crippen LogP contribution in [-0.2, 0) is 4.74 Å². The van der Waals surface area contributed by atoms with Crippen LogP contribution in [-0.4, -0.2) is 32.9 Å². The smallest absolute Gasteiger partial charge is 0.161 e. The van der Waals surface area contributed by atoms with Gasteiger partial charge in [-0.25, -0.2) is 0 Å². The van der Waals surface area contributed by atoms with Gasteiger partial charge in [-0.1, -0.05) is 18.9 Å². The summed E-state index contributed by atoms with van der Waals surface area (Å²) in [5.74, 6) is 1.70. The van der Waals surface area contributed by atoms with Gasteiger partial charge in [-0.3, -0.25) is 0 Å². The summed E-state index contributed by atoms with van der Waals surface area (Å²) >= 11 is 0. The van der Waals surface area contributed by atoms with Gasteiger partial charge in [0.2, 0.25) is 0 Å². The number of benzene rings is 1. The molecule has 1 aromatic rings. The molecule has 2 fully saturated rings. The molecule has 21 heavy (non-hydrogen) atoms. The zero-order chi connectivity index (χ0) is 14.1. The van der Waals surface area contributed by atoms with Crippen molar-refractivity contribution in [2.75, 3.05) is 32.9 Å². The van der Waals surface area contributed by atoms with Crippen LogP contribution in [0, 0.1) is 5.41 Å². The first kappa shape index (κ1) is 13.4. The molecule has 4 heteroatoms. The van der Waals surface area contributed by atoms with Crippen LogP contribution < -0.4 is 14.8 Å². The lowest BCUT2D eigenvalue weighted by Gasteiger charge is -2.26. The van der Waals surface area contributed by atoms with Crippen LogP contribution in [0.25, 0.3) is 0 Å². The first-order valence-electron chi connectivity index (χ1n) is 8.07. The lowest BCUT2D eigenvalue weighted by Crippen LogP contribution is -2.32. The van der Waals surface area contributed by atoms with Crippen molar-refractivity contribution in [2.24, 2.45) is 5.41 Å². The van der Waals surface area contributed by atoms with E-state index in [9.17, 15) is 0 Å². The molecule has 0 amide bonds. The maximum absolute atomic E-state index is 6.26. The highest BCUT2D eigenvalue weighted by atomic mass is 16.6. The quantitative estimate of drug-likeness (QED) is 0.863. The predicted molar refractivity (Wildman–Crippen MR) is 79.9 cm³/mol. The third-order valence-corrected chi connectivity index (χ3v) is 5.02. The molecule has 2 aliphatic heterocycles. The molecule has 1 unspecified atom stereocenters. The van der Waals surface area contributed by atoms with E-state index in [0.29, 0.717) is 18.6 Å². The molecule has 1 spiro atoms. The average Bonchev–Trinajstić information content (AvgIpc) is 2.88. The average molecular weight is 289 g/mol. The fourth-order valence-corrected chi connectivity index (χ4v) is 3.78. The molecule has 0 radical (unpaired) electrons. The van der Waals surface area contributed by atoms with E-state index in [4.69, 9.17) is 14.2 Å². The van der Waals surface area contributed by atoms with Crippen LogP contribution in [0.5, 0.6) is 11.5 Å². The molecule has 114 valence electrons.